The van der Waals surface area contributed by atoms with Crippen molar-refractivity contribution in [3.05, 3.63) is 0 Å². The van der Waals surface area contributed by atoms with Crippen molar-refractivity contribution >= 4 is 11.9 Å². The van der Waals surface area contributed by atoms with E-state index in [1.54, 1.807) is 0 Å². The first-order valence-electron chi connectivity index (χ1n) is 5.73. The quantitative estimate of drug-likeness (QED) is 0.611. The molecule has 0 amide bonds. The zero-order chi connectivity index (χ0) is 12.2. The lowest BCUT2D eigenvalue weighted by atomic mass is 9.68. The number of hydrogen-bond acceptors (Lipinski definition) is 3. The smallest absolute Gasteiger partial charge is 0.321 e. The molecule has 0 atom stereocenters. The summed E-state index contributed by atoms with van der Waals surface area (Å²) in [6.45, 7) is 3.23. The molecule has 0 spiro atoms. The highest BCUT2D eigenvalue weighted by molar-refractivity contribution is 5.98. The molecule has 0 saturated carbocycles. The first-order valence-corrected chi connectivity index (χ1v) is 5.73. The molecule has 5 nitrogen and oxygen atoms in total. The van der Waals surface area contributed by atoms with Crippen LogP contribution in [0.3, 0.4) is 0 Å². The van der Waals surface area contributed by atoms with Gasteiger partial charge in [0.2, 0.25) is 0 Å². The van der Waals surface area contributed by atoms with Crippen LogP contribution in [0, 0.1) is 11.3 Å². The van der Waals surface area contributed by atoms with Crippen molar-refractivity contribution in [3.63, 3.8) is 0 Å². The van der Waals surface area contributed by atoms with Crippen molar-refractivity contribution in [2.75, 3.05) is 13.1 Å². The van der Waals surface area contributed by atoms with Crippen molar-refractivity contribution in [1.82, 2.24) is 5.32 Å². The third kappa shape index (κ3) is 2.19. The lowest BCUT2D eigenvalue weighted by Gasteiger charge is -2.36. The zero-order valence-corrected chi connectivity index (χ0v) is 9.53. The Morgan fingerprint density at radius 3 is 2.12 bits per heavy atom. The van der Waals surface area contributed by atoms with Crippen LogP contribution in [0.5, 0.6) is 0 Å². The van der Waals surface area contributed by atoms with Crippen molar-refractivity contribution < 1.29 is 19.8 Å². The topological polar surface area (TPSA) is 86.6 Å². The molecule has 1 fully saturated rings. The largest absolute Gasteiger partial charge is 0.480 e. The molecule has 1 rings (SSSR count). The van der Waals surface area contributed by atoms with Crippen molar-refractivity contribution in [3.8, 4) is 0 Å². The van der Waals surface area contributed by atoms with Gasteiger partial charge in [0.15, 0.2) is 5.41 Å². The minimum absolute atomic E-state index is 0.211. The molecule has 1 heterocycles. The molecule has 0 aromatic rings. The Hall–Kier alpha value is -1.10. The second kappa shape index (κ2) is 5.30. The summed E-state index contributed by atoms with van der Waals surface area (Å²) < 4.78 is 0. The molecule has 0 radical (unpaired) electrons. The molecular weight excluding hydrogens is 210 g/mol. The highest BCUT2D eigenvalue weighted by atomic mass is 16.4. The summed E-state index contributed by atoms with van der Waals surface area (Å²) in [6.07, 6.45) is 2.03. The van der Waals surface area contributed by atoms with Crippen LogP contribution in [0.2, 0.25) is 0 Å². The van der Waals surface area contributed by atoms with Gasteiger partial charge in [-0.15, -0.1) is 0 Å². The number of aliphatic carboxylic acids is 2. The minimum atomic E-state index is -1.59. The highest BCUT2D eigenvalue weighted by Crippen LogP contribution is 2.39. The maximum absolute atomic E-state index is 11.4. The zero-order valence-electron chi connectivity index (χ0n) is 9.53. The van der Waals surface area contributed by atoms with Crippen LogP contribution in [0.25, 0.3) is 0 Å². The summed E-state index contributed by atoms with van der Waals surface area (Å²) in [5, 5.41) is 21.7. The Balaban J connectivity index is 2.98. The molecule has 1 aliphatic heterocycles. The normalized spacial score (nSPS) is 18.3. The summed E-state index contributed by atoms with van der Waals surface area (Å²) in [4.78, 5) is 22.7. The van der Waals surface area contributed by atoms with E-state index in [4.69, 9.17) is 0 Å². The summed E-state index contributed by atoms with van der Waals surface area (Å²) in [7, 11) is 0. The average molecular weight is 229 g/mol. The van der Waals surface area contributed by atoms with E-state index >= 15 is 0 Å². The monoisotopic (exact) mass is 229 g/mol. The first kappa shape index (κ1) is 13.0. The van der Waals surface area contributed by atoms with Crippen LogP contribution < -0.4 is 5.32 Å². The summed E-state index contributed by atoms with van der Waals surface area (Å²) in [6, 6.07) is 0. The van der Waals surface area contributed by atoms with Crippen LogP contribution in [0.1, 0.15) is 32.6 Å². The predicted octanol–water partition coefficient (Wildman–Crippen LogP) is 0.942. The van der Waals surface area contributed by atoms with Gasteiger partial charge in [-0.1, -0.05) is 13.3 Å². The van der Waals surface area contributed by atoms with Crippen LogP contribution in [0.4, 0.5) is 0 Å². The molecule has 3 N–H and O–H groups in total. The van der Waals surface area contributed by atoms with E-state index in [1.807, 2.05) is 6.92 Å². The Morgan fingerprint density at radius 1 is 1.25 bits per heavy atom. The van der Waals surface area contributed by atoms with E-state index in [0.717, 1.165) is 0 Å². The fourth-order valence-electron chi connectivity index (χ4n) is 2.57. The van der Waals surface area contributed by atoms with Gasteiger partial charge in [-0.05, 0) is 38.3 Å². The van der Waals surface area contributed by atoms with Gasteiger partial charge in [0.1, 0.15) is 0 Å². The van der Waals surface area contributed by atoms with Crippen LogP contribution >= 0.6 is 0 Å². The Bertz CT molecular complexity index is 257. The molecule has 0 aromatic carbocycles. The van der Waals surface area contributed by atoms with Gasteiger partial charge in [-0.2, -0.15) is 0 Å². The Kier molecular flexibility index (Phi) is 4.29. The molecule has 92 valence electrons. The molecule has 1 saturated heterocycles. The fraction of sp³-hybridized carbons (Fsp3) is 0.818. The summed E-state index contributed by atoms with van der Waals surface area (Å²) in [5.41, 5.74) is -1.59. The predicted molar refractivity (Wildman–Crippen MR) is 58.2 cm³/mol. The second-order valence-electron chi connectivity index (χ2n) is 4.36. The van der Waals surface area contributed by atoms with Crippen LogP contribution in [-0.2, 0) is 9.59 Å². The van der Waals surface area contributed by atoms with Gasteiger partial charge in [-0.25, -0.2) is 0 Å². The number of rotatable bonds is 5. The third-order valence-corrected chi connectivity index (χ3v) is 3.44. The first-order chi connectivity index (χ1) is 7.55. The molecular formula is C11H19NO4. The third-order valence-electron chi connectivity index (χ3n) is 3.44. The maximum atomic E-state index is 11.4. The van der Waals surface area contributed by atoms with Crippen molar-refractivity contribution in [2.24, 2.45) is 11.3 Å². The SMILES string of the molecule is CCCC(C(=O)O)(C(=O)O)C1CCNCC1. The molecule has 0 aliphatic carbocycles. The number of carbonyl (C=O) groups is 2. The minimum Gasteiger partial charge on any atom is -0.480 e. The number of carboxylic acid groups (broad SMARTS) is 2. The Morgan fingerprint density at radius 2 is 1.75 bits per heavy atom. The van der Waals surface area contributed by atoms with E-state index in [2.05, 4.69) is 5.32 Å². The Labute approximate surface area is 94.8 Å². The van der Waals surface area contributed by atoms with Crippen LogP contribution in [0.15, 0.2) is 0 Å². The number of nitrogens with one attached hydrogen (secondary N) is 1. The molecule has 0 aromatic heterocycles. The van der Waals surface area contributed by atoms with E-state index in [0.29, 0.717) is 32.4 Å². The van der Waals surface area contributed by atoms with Crippen molar-refractivity contribution in [2.45, 2.75) is 32.6 Å². The molecule has 16 heavy (non-hydrogen) atoms. The number of carboxylic acids is 2. The second-order valence-corrected chi connectivity index (χ2v) is 4.36. The highest BCUT2D eigenvalue weighted by Gasteiger charge is 2.51. The van der Waals surface area contributed by atoms with E-state index in [9.17, 15) is 19.8 Å². The van der Waals surface area contributed by atoms with E-state index in [-0.39, 0.29) is 12.3 Å². The maximum Gasteiger partial charge on any atom is 0.321 e. The van der Waals surface area contributed by atoms with Crippen molar-refractivity contribution in [1.29, 1.82) is 0 Å². The molecule has 1 aliphatic rings. The van der Waals surface area contributed by atoms with Gasteiger partial charge in [0.25, 0.3) is 0 Å². The average Bonchev–Trinajstić information content (AvgIpc) is 2.26. The van der Waals surface area contributed by atoms with Gasteiger partial charge in [0, 0.05) is 0 Å². The number of piperidine rings is 1. The van der Waals surface area contributed by atoms with Gasteiger partial charge in [0.05, 0.1) is 0 Å². The van der Waals surface area contributed by atoms with Crippen LogP contribution in [-0.4, -0.2) is 35.2 Å². The lowest BCUT2D eigenvalue weighted by molar-refractivity contribution is -0.171. The van der Waals surface area contributed by atoms with Gasteiger partial charge >= 0.3 is 11.9 Å². The number of hydrogen-bond donors (Lipinski definition) is 3. The summed E-state index contributed by atoms with van der Waals surface area (Å²) >= 11 is 0. The lowest BCUT2D eigenvalue weighted by Crippen LogP contribution is -2.49. The molecule has 0 bridgehead atoms. The fourth-order valence-corrected chi connectivity index (χ4v) is 2.57. The summed E-state index contributed by atoms with van der Waals surface area (Å²) in [5.74, 6) is -2.63. The van der Waals surface area contributed by atoms with E-state index in [1.165, 1.54) is 0 Å². The molecule has 0 unspecified atom stereocenters. The van der Waals surface area contributed by atoms with E-state index < -0.39 is 17.4 Å². The standard InChI is InChI=1S/C11H19NO4/c1-2-5-11(9(13)14,10(15)16)8-3-6-12-7-4-8/h8,12H,2-7H2,1H3,(H,13,14)(H,15,16). The van der Waals surface area contributed by atoms with Gasteiger partial charge < -0.3 is 15.5 Å². The molecule has 5 heteroatoms. The van der Waals surface area contributed by atoms with Gasteiger partial charge in [-0.3, -0.25) is 9.59 Å².